The largest absolute Gasteiger partial charge is 0.497 e. The minimum absolute atomic E-state index is 0.100. The van der Waals surface area contributed by atoms with E-state index in [1.165, 1.54) is 11.8 Å². The molecule has 0 aliphatic carbocycles. The minimum Gasteiger partial charge on any atom is -0.497 e. The molecule has 29 heavy (non-hydrogen) atoms. The molecule has 2 heterocycles. The van der Waals surface area contributed by atoms with Crippen LogP contribution in [0.5, 0.6) is 11.5 Å². The Bertz CT molecular complexity index is 1170. The van der Waals surface area contributed by atoms with Gasteiger partial charge in [0.25, 0.3) is 5.56 Å². The number of benzene rings is 2. The lowest BCUT2D eigenvalue weighted by Gasteiger charge is -2.07. The number of aromatic nitrogens is 2. The van der Waals surface area contributed by atoms with Gasteiger partial charge in [0.1, 0.15) is 16.3 Å². The molecular formula is C22H20N2O3S2. The molecule has 148 valence electrons. The Morgan fingerprint density at radius 3 is 2.52 bits per heavy atom. The number of hydrogen-bond acceptors (Lipinski definition) is 6. The molecule has 0 saturated heterocycles. The lowest BCUT2D eigenvalue weighted by molar-refractivity contribution is 0.342. The van der Waals surface area contributed by atoms with Crippen molar-refractivity contribution >= 4 is 33.3 Å². The first-order valence-electron chi connectivity index (χ1n) is 9.14. The van der Waals surface area contributed by atoms with Gasteiger partial charge in [0.15, 0.2) is 5.16 Å². The van der Waals surface area contributed by atoms with E-state index in [1.54, 1.807) is 18.4 Å². The summed E-state index contributed by atoms with van der Waals surface area (Å²) in [4.78, 5) is 22.2. The molecule has 0 spiro atoms. The third kappa shape index (κ3) is 4.31. The van der Waals surface area contributed by atoms with E-state index >= 15 is 0 Å². The average Bonchev–Trinajstić information content (AvgIpc) is 3.08. The van der Waals surface area contributed by atoms with Crippen LogP contribution in [0.2, 0.25) is 0 Å². The first kappa shape index (κ1) is 19.5. The number of thiophene rings is 1. The van der Waals surface area contributed by atoms with Crippen molar-refractivity contribution in [3.8, 4) is 22.6 Å². The van der Waals surface area contributed by atoms with Gasteiger partial charge in [-0.25, -0.2) is 4.98 Å². The lowest BCUT2D eigenvalue weighted by atomic mass is 10.0. The van der Waals surface area contributed by atoms with Crippen molar-refractivity contribution in [1.29, 1.82) is 0 Å². The van der Waals surface area contributed by atoms with Gasteiger partial charge in [-0.3, -0.25) is 4.79 Å². The summed E-state index contributed by atoms with van der Waals surface area (Å²) in [5, 5.41) is 1.28. The topological polar surface area (TPSA) is 64.2 Å². The molecule has 0 amide bonds. The predicted molar refractivity (Wildman–Crippen MR) is 120 cm³/mol. The number of rotatable bonds is 7. The molecule has 2 aromatic carbocycles. The number of nitrogens with one attached hydrogen (secondary N) is 1. The summed E-state index contributed by atoms with van der Waals surface area (Å²) in [5.41, 5.74) is 1.91. The summed E-state index contributed by atoms with van der Waals surface area (Å²) < 4.78 is 10.9. The van der Waals surface area contributed by atoms with E-state index in [9.17, 15) is 4.79 Å². The highest BCUT2D eigenvalue weighted by atomic mass is 32.2. The summed E-state index contributed by atoms with van der Waals surface area (Å²) in [6.07, 6.45) is 0. The quantitative estimate of drug-likeness (QED) is 0.253. The zero-order valence-electron chi connectivity index (χ0n) is 16.1. The fourth-order valence-corrected chi connectivity index (χ4v) is 4.87. The molecule has 4 rings (SSSR count). The van der Waals surface area contributed by atoms with E-state index in [0.29, 0.717) is 22.9 Å². The number of nitrogens with zero attached hydrogens (tertiary/aromatic N) is 1. The number of ether oxygens (including phenoxy) is 2. The van der Waals surface area contributed by atoms with Crippen LogP contribution < -0.4 is 15.0 Å². The van der Waals surface area contributed by atoms with Gasteiger partial charge in [0, 0.05) is 16.2 Å². The van der Waals surface area contributed by atoms with Crippen LogP contribution in [0.3, 0.4) is 0 Å². The SMILES string of the molecule is COc1ccc(OCCSc2nc3sc(C)c(-c4ccccc4)c3c(=O)[nH]2)cc1. The molecule has 0 atom stereocenters. The molecule has 0 unspecified atom stereocenters. The van der Waals surface area contributed by atoms with Crippen LogP contribution in [-0.2, 0) is 0 Å². The maximum Gasteiger partial charge on any atom is 0.260 e. The summed E-state index contributed by atoms with van der Waals surface area (Å²) >= 11 is 3.03. The summed E-state index contributed by atoms with van der Waals surface area (Å²) in [5.74, 6) is 2.25. The van der Waals surface area contributed by atoms with Gasteiger partial charge < -0.3 is 14.5 Å². The maximum absolute atomic E-state index is 12.8. The molecule has 0 aliphatic rings. The van der Waals surface area contributed by atoms with Gasteiger partial charge in [0.2, 0.25) is 0 Å². The number of aromatic amines is 1. The molecule has 0 aliphatic heterocycles. The monoisotopic (exact) mass is 424 g/mol. The average molecular weight is 425 g/mol. The lowest BCUT2D eigenvalue weighted by Crippen LogP contribution is -2.09. The molecule has 0 fully saturated rings. The Kier molecular flexibility index (Phi) is 5.87. The second-order valence-corrected chi connectivity index (χ2v) is 8.61. The van der Waals surface area contributed by atoms with Crippen molar-refractivity contribution in [2.45, 2.75) is 12.1 Å². The zero-order chi connectivity index (χ0) is 20.2. The third-order valence-electron chi connectivity index (χ3n) is 4.43. The molecule has 0 saturated carbocycles. The molecule has 0 bridgehead atoms. The summed E-state index contributed by atoms with van der Waals surface area (Å²) in [6.45, 7) is 2.54. The highest BCUT2D eigenvalue weighted by Crippen LogP contribution is 2.35. The predicted octanol–water partition coefficient (Wildman–Crippen LogP) is 5.14. The van der Waals surface area contributed by atoms with Gasteiger partial charge in [-0.05, 0) is 36.8 Å². The fraction of sp³-hybridized carbons (Fsp3) is 0.182. The van der Waals surface area contributed by atoms with Crippen molar-refractivity contribution in [2.75, 3.05) is 19.5 Å². The van der Waals surface area contributed by atoms with Crippen molar-refractivity contribution in [3.63, 3.8) is 0 Å². The Morgan fingerprint density at radius 2 is 1.79 bits per heavy atom. The van der Waals surface area contributed by atoms with Crippen molar-refractivity contribution in [2.24, 2.45) is 0 Å². The molecule has 4 aromatic rings. The first-order chi connectivity index (χ1) is 14.2. The molecule has 5 nitrogen and oxygen atoms in total. The van der Waals surface area contributed by atoms with E-state index in [-0.39, 0.29) is 5.56 Å². The number of aryl methyl sites for hydroxylation is 1. The molecular weight excluding hydrogens is 404 g/mol. The van der Waals surface area contributed by atoms with Crippen LogP contribution in [0.1, 0.15) is 4.88 Å². The van der Waals surface area contributed by atoms with E-state index in [1.807, 2.05) is 61.5 Å². The van der Waals surface area contributed by atoms with E-state index in [2.05, 4.69) is 9.97 Å². The van der Waals surface area contributed by atoms with Gasteiger partial charge >= 0.3 is 0 Å². The Morgan fingerprint density at radius 1 is 1.07 bits per heavy atom. The van der Waals surface area contributed by atoms with Crippen molar-refractivity contribution < 1.29 is 9.47 Å². The smallest absolute Gasteiger partial charge is 0.260 e. The van der Waals surface area contributed by atoms with Gasteiger partial charge in [0.05, 0.1) is 19.1 Å². The van der Waals surface area contributed by atoms with Gasteiger partial charge in [-0.2, -0.15) is 0 Å². The van der Waals surface area contributed by atoms with Crippen LogP contribution in [0.15, 0.2) is 64.5 Å². The van der Waals surface area contributed by atoms with Crippen LogP contribution in [0.25, 0.3) is 21.3 Å². The van der Waals surface area contributed by atoms with Crippen molar-refractivity contribution in [3.05, 3.63) is 69.8 Å². The number of hydrogen-bond donors (Lipinski definition) is 1. The summed E-state index contributed by atoms with van der Waals surface area (Å²) in [6, 6.07) is 17.4. The number of fused-ring (bicyclic) bond motifs is 1. The summed E-state index contributed by atoms with van der Waals surface area (Å²) in [7, 11) is 1.63. The Hall–Kier alpha value is -2.77. The third-order valence-corrected chi connectivity index (χ3v) is 6.27. The highest BCUT2D eigenvalue weighted by molar-refractivity contribution is 7.99. The molecule has 1 N–H and O–H groups in total. The molecule has 2 aromatic heterocycles. The van der Waals surface area contributed by atoms with Gasteiger partial charge in [-0.15, -0.1) is 11.3 Å². The number of methoxy groups -OCH3 is 1. The van der Waals surface area contributed by atoms with Gasteiger partial charge in [-0.1, -0.05) is 42.1 Å². The normalized spacial score (nSPS) is 11.0. The van der Waals surface area contributed by atoms with Crippen LogP contribution >= 0.6 is 23.1 Å². The van der Waals surface area contributed by atoms with Crippen molar-refractivity contribution in [1.82, 2.24) is 9.97 Å². The molecule has 7 heteroatoms. The number of H-pyrrole nitrogens is 1. The van der Waals surface area contributed by atoms with E-state index < -0.39 is 0 Å². The second-order valence-electron chi connectivity index (χ2n) is 6.32. The highest BCUT2D eigenvalue weighted by Gasteiger charge is 2.16. The number of thioether (sulfide) groups is 1. The maximum atomic E-state index is 12.8. The minimum atomic E-state index is -0.100. The standard InChI is InChI=1S/C22H20N2O3S2/c1-14-18(15-6-4-3-5-7-15)19-20(25)23-22(24-21(19)29-14)28-13-12-27-17-10-8-16(26-2)9-11-17/h3-11H,12-13H2,1-2H3,(H,23,24,25). The van der Waals surface area contributed by atoms with E-state index in [0.717, 1.165) is 32.3 Å². The first-order valence-corrected chi connectivity index (χ1v) is 10.9. The Balaban J connectivity index is 1.47. The fourth-order valence-electron chi connectivity index (χ4n) is 3.09. The second kappa shape index (κ2) is 8.71. The Labute approximate surface area is 176 Å². The van der Waals surface area contributed by atoms with Crippen LogP contribution in [-0.4, -0.2) is 29.4 Å². The van der Waals surface area contributed by atoms with E-state index in [4.69, 9.17) is 9.47 Å². The van der Waals surface area contributed by atoms with Crippen LogP contribution in [0, 0.1) is 6.92 Å². The zero-order valence-corrected chi connectivity index (χ0v) is 17.7. The van der Waals surface area contributed by atoms with Crippen LogP contribution in [0.4, 0.5) is 0 Å². The molecule has 0 radical (unpaired) electrons.